The van der Waals surface area contributed by atoms with Crippen LogP contribution in [0.15, 0.2) is 63.8 Å². The van der Waals surface area contributed by atoms with Crippen molar-refractivity contribution >= 4 is 29.4 Å². The van der Waals surface area contributed by atoms with Gasteiger partial charge in [0.05, 0.1) is 21.6 Å². The van der Waals surface area contributed by atoms with Crippen LogP contribution in [-0.4, -0.2) is 28.2 Å². The predicted octanol–water partition coefficient (Wildman–Crippen LogP) is 4.08. The second-order valence-electron chi connectivity index (χ2n) is 9.48. The van der Waals surface area contributed by atoms with Crippen LogP contribution in [0.25, 0.3) is 22.6 Å². The molecule has 1 saturated heterocycles. The number of nitro benzene ring substituents is 1. The van der Waals surface area contributed by atoms with E-state index in [0.717, 1.165) is 0 Å². The molecule has 1 fully saturated rings. The maximum atomic E-state index is 12.6. The van der Waals surface area contributed by atoms with Gasteiger partial charge in [-0.05, 0) is 45.4 Å². The van der Waals surface area contributed by atoms with Gasteiger partial charge in [0.2, 0.25) is 5.43 Å². The Hall–Kier alpha value is -3.76. The molecule has 178 valence electrons. The quantitative estimate of drug-likeness (QED) is 0.184. The minimum atomic E-state index is -0.867. The normalized spacial score (nSPS) is 16.6. The second-order valence-corrected chi connectivity index (χ2v) is 9.48. The maximum Gasteiger partial charge on any atom is 0.501 e. The molecule has 2 aromatic carbocycles. The molecule has 0 radical (unpaired) electrons. The molecule has 9 nitrogen and oxygen atoms in total. The Kier molecular flexibility index (Phi) is 5.38. The van der Waals surface area contributed by atoms with Gasteiger partial charge in [0.25, 0.3) is 5.69 Å². The minimum Gasteiger partial charge on any atom is -0.485 e. The van der Waals surface area contributed by atoms with E-state index in [2.05, 4.69) is 4.98 Å². The monoisotopic (exact) mass is 474 g/mol. The first kappa shape index (κ1) is 23.0. The molecule has 0 aromatic heterocycles. The third-order valence-corrected chi connectivity index (χ3v) is 6.54. The lowest BCUT2D eigenvalue weighted by atomic mass is 9.77. The fourth-order valence-electron chi connectivity index (χ4n) is 3.86. The van der Waals surface area contributed by atoms with E-state index < -0.39 is 23.2 Å². The van der Waals surface area contributed by atoms with Crippen molar-refractivity contribution < 1.29 is 23.4 Å². The van der Waals surface area contributed by atoms with Crippen LogP contribution in [-0.2, 0) is 15.9 Å². The van der Waals surface area contributed by atoms with Crippen LogP contribution in [0.5, 0.6) is 5.75 Å². The molecule has 5 rings (SSSR count). The van der Waals surface area contributed by atoms with Gasteiger partial charge in [-0.2, -0.15) is 0 Å². The summed E-state index contributed by atoms with van der Waals surface area (Å²) in [6, 6.07) is 14.8. The summed E-state index contributed by atoms with van der Waals surface area (Å²) in [7, 11) is -0.867. The van der Waals surface area contributed by atoms with Crippen LogP contribution in [0.2, 0.25) is 0 Å². The third-order valence-electron chi connectivity index (χ3n) is 6.54. The first-order chi connectivity index (χ1) is 16.5. The number of nitrogens with zero attached hydrogens (tertiary/aromatic N) is 2. The molecule has 0 bridgehead atoms. The highest BCUT2D eigenvalue weighted by Crippen LogP contribution is 2.37. The molecule has 2 aromatic rings. The molecular weight excluding hydrogens is 451 g/mol. The van der Waals surface area contributed by atoms with Gasteiger partial charge in [0.15, 0.2) is 17.1 Å². The highest BCUT2D eigenvalue weighted by molar-refractivity contribution is 6.63. The van der Waals surface area contributed by atoms with Crippen molar-refractivity contribution in [2.45, 2.75) is 45.5 Å². The van der Waals surface area contributed by atoms with Crippen LogP contribution in [0.1, 0.15) is 33.3 Å². The largest absolute Gasteiger partial charge is 0.501 e. The van der Waals surface area contributed by atoms with Gasteiger partial charge in [0, 0.05) is 18.2 Å². The first-order valence-corrected chi connectivity index (χ1v) is 11.1. The summed E-state index contributed by atoms with van der Waals surface area (Å²) in [5.74, 6) is 0.427. The third kappa shape index (κ3) is 4.15. The fourth-order valence-corrected chi connectivity index (χ4v) is 3.86. The van der Waals surface area contributed by atoms with Crippen molar-refractivity contribution in [3.63, 3.8) is 0 Å². The van der Waals surface area contributed by atoms with Crippen molar-refractivity contribution in [1.82, 2.24) is 4.98 Å². The van der Waals surface area contributed by atoms with E-state index in [1.54, 1.807) is 18.2 Å². The Balaban J connectivity index is 1.41. The Morgan fingerprint density at radius 1 is 1.03 bits per heavy atom. The summed E-state index contributed by atoms with van der Waals surface area (Å²) in [6.45, 7) is 7.49. The average molecular weight is 474 g/mol. The second kappa shape index (κ2) is 8.18. The van der Waals surface area contributed by atoms with Gasteiger partial charge in [-0.1, -0.05) is 24.3 Å². The van der Waals surface area contributed by atoms with E-state index in [9.17, 15) is 14.9 Å². The van der Waals surface area contributed by atoms with Crippen LogP contribution in [0.4, 0.5) is 5.69 Å². The zero-order chi connectivity index (χ0) is 25.0. The summed E-state index contributed by atoms with van der Waals surface area (Å²) >= 11 is 0. The van der Waals surface area contributed by atoms with E-state index in [1.807, 2.05) is 45.9 Å². The standard InChI is InChI=1S/C25H23BN2O7/c1-24(2)25(3,4)35-26(34-24)16-10-9-15(11-19(16)28(30)31)14-32-23-12-18-22(13-20(23)29)33-21-8-6-5-7-17(21)27-18/h5-13H,14H2,1-4H3. The highest BCUT2D eigenvalue weighted by Gasteiger charge is 2.53. The number of benzene rings is 3. The Morgan fingerprint density at radius 2 is 1.74 bits per heavy atom. The van der Waals surface area contributed by atoms with E-state index in [1.165, 1.54) is 18.2 Å². The lowest BCUT2D eigenvalue weighted by Gasteiger charge is -2.32. The molecule has 2 heterocycles. The number of hydrogen-bond donors (Lipinski definition) is 0. The number of para-hydroxylation sites is 2. The Bertz CT molecular complexity index is 1460. The molecule has 0 N–H and O–H groups in total. The lowest BCUT2D eigenvalue weighted by Crippen LogP contribution is -2.41. The zero-order valence-corrected chi connectivity index (χ0v) is 19.7. The van der Waals surface area contributed by atoms with Crippen molar-refractivity contribution in [3.8, 4) is 17.2 Å². The molecule has 3 aliphatic rings. The molecule has 0 saturated carbocycles. The van der Waals surface area contributed by atoms with Gasteiger partial charge < -0.3 is 18.5 Å². The molecule has 0 spiro atoms. The van der Waals surface area contributed by atoms with Gasteiger partial charge >= 0.3 is 7.12 Å². The Morgan fingerprint density at radius 3 is 2.46 bits per heavy atom. The van der Waals surface area contributed by atoms with Crippen molar-refractivity contribution in [2.24, 2.45) is 0 Å². The number of nitro groups is 1. The first-order valence-electron chi connectivity index (χ1n) is 11.1. The topological polar surface area (TPSA) is 114 Å². The van der Waals surface area contributed by atoms with Gasteiger partial charge in [-0.25, -0.2) is 4.98 Å². The molecule has 0 amide bonds. The van der Waals surface area contributed by atoms with E-state index in [4.69, 9.17) is 18.5 Å². The number of fused-ring (bicyclic) bond motifs is 2. The average Bonchev–Trinajstić information content (AvgIpc) is 3.02. The van der Waals surface area contributed by atoms with Crippen molar-refractivity contribution in [2.75, 3.05) is 0 Å². The molecule has 1 aliphatic carbocycles. The molecular formula is C25H23BN2O7. The summed E-state index contributed by atoms with van der Waals surface area (Å²) in [6.07, 6.45) is 0. The summed E-state index contributed by atoms with van der Waals surface area (Å²) in [5, 5.41) is 11.8. The predicted molar refractivity (Wildman–Crippen MR) is 130 cm³/mol. The van der Waals surface area contributed by atoms with Crippen LogP contribution in [0.3, 0.4) is 0 Å². The number of aromatic nitrogens is 1. The smallest absolute Gasteiger partial charge is 0.485 e. The zero-order valence-electron chi connectivity index (χ0n) is 19.7. The minimum absolute atomic E-state index is 0.0457. The number of ether oxygens (including phenoxy) is 1. The maximum absolute atomic E-state index is 12.6. The van der Waals surface area contributed by atoms with Crippen LogP contribution < -0.4 is 15.6 Å². The SMILES string of the molecule is CC1(C)OB(c2ccc(COc3cc4nc5ccccc5oc-4cc3=O)cc2[N+](=O)[O-])OC1(C)C. The number of rotatable bonds is 5. The van der Waals surface area contributed by atoms with Crippen molar-refractivity contribution in [1.29, 1.82) is 0 Å². The Labute approximate surface area is 201 Å². The summed E-state index contributed by atoms with van der Waals surface area (Å²) in [5.41, 5.74) is 0.775. The van der Waals surface area contributed by atoms with Gasteiger partial charge in [0.1, 0.15) is 17.8 Å². The highest BCUT2D eigenvalue weighted by atomic mass is 16.7. The van der Waals surface area contributed by atoms with Gasteiger partial charge in [-0.15, -0.1) is 0 Å². The summed E-state index contributed by atoms with van der Waals surface area (Å²) in [4.78, 5) is 28.4. The molecule has 35 heavy (non-hydrogen) atoms. The van der Waals surface area contributed by atoms with Crippen LogP contribution >= 0.6 is 0 Å². The molecule has 10 heteroatoms. The fraction of sp³-hybridized carbons (Fsp3) is 0.280. The van der Waals surface area contributed by atoms with E-state index >= 15 is 0 Å². The number of hydrogen-bond acceptors (Lipinski definition) is 8. The molecule has 0 atom stereocenters. The molecule has 0 unspecified atom stereocenters. The lowest BCUT2D eigenvalue weighted by molar-refractivity contribution is -0.383. The molecule has 2 aliphatic heterocycles. The van der Waals surface area contributed by atoms with Gasteiger partial charge in [-0.3, -0.25) is 14.9 Å². The van der Waals surface area contributed by atoms with Crippen LogP contribution in [0, 0.1) is 10.1 Å². The van der Waals surface area contributed by atoms with Crippen molar-refractivity contribution in [3.05, 3.63) is 80.5 Å². The van der Waals surface area contributed by atoms with E-state index in [0.29, 0.717) is 33.6 Å². The van der Waals surface area contributed by atoms with E-state index in [-0.39, 0.29) is 23.5 Å². The summed E-state index contributed by atoms with van der Waals surface area (Å²) < 4.78 is 23.5.